The Kier molecular flexibility index (Phi) is 6.16. The van der Waals surface area contributed by atoms with Gasteiger partial charge in [-0.3, -0.25) is 9.59 Å². The molecule has 4 aromatic rings. The number of nitrogens with one attached hydrogen (secondary N) is 4. The largest absolute Gasteiger partial charge is 0.339 e. The van der Waals surface area contributed by atoms with Crippen LogP contribution in [0, 0.1) is 0 Å². The molecular weight excluding hydrogens is 420 g/mol. The Balaban J connectivity index is 1.60. The van der Waals surface area contributed by atoms with Gasteiger partial charge in [0.1, 0.15) is 9.79 Å². The second-order valence-electron chi connectivity index (χ2n) is 5.97. The lowest BCUT2D eigenvalue weighted by Gasteiger charge is -2.11. The first-order chi connectivity index (χ1) is 14.7. The van der Waals surface area contributed by atoms with Crippen molar-refractivity contribution in [2.75, 3.05) is 10.6 Å². The number of rotatable bonds is 7. The minimum absolute atomic E-state index is 0.307. The van der Waals surface area contributed by atoms with E-state index in [9.17, 15) is 9.59 Å². The Morgan fingerprint density at radius 1 is 0.633 bits per heavy atom. The molecule has 2 aromatic heterocycles. The van der Waals surface area contributed by atoms with Crippen molar-refractivity contribution in [3.8, 4) is 0 Å². The lowest BCUT2D eigenvalue weighted by atomic mass is 10.3. The van der Waals surface area contributed by atoms with Gasteiger partial charge in [0.2, 0.25) is 0 Å². The number of aromatic amines is 2. The molecule has 2 heterocycles. The fraction of sp³-hybridized carbons (Fsp3) is 0. The molecule has 4 N–H and O–H groups in total. The summed E-state index contributed by atoms with van der Waals surface area (Å²) in [6, 6.07) is 18.8. The molecule has 0 bridgehead atoms. The summed E-state index contributed by atoms with van der Waals surface area (Å²) in [4.78, 5) is 39.2. The maximum atomic E-state index is 12.4. The summed E-state index contributed by atoms with van der Waals surface area (Å²) in [7, 11) is 2.27. The standard InChI is InChI=1S/C20H16N6O2S2/c27-19-15(17(21-11-23-19)25-13-7-3-1-4-8-13)29-30-16-18(22-12-24-20(16)28)26-14-9-5-2-6-10-14/h1-12H,(H2,21,23,25,27)(H2,22,24,26,28). The third kappa shape index (κ3) is 4.73. The van der Waals surface area contributed by atoms with Crippen LogP contribution in [-0.4, -0.2) is 19.9 Å². The summed E-state index contributed by atoms with van der Waals surface area (Å²) >= 11 is 0. The van der Waals surface area contributed by atoms with Crippen molar-refractivity contribution in [2.24, 2.45) is 0 Å². The van der Waals surface area contributed by atoms with Crippen molar-refractivity contribution in [2.45, 2.75) is 9.79 Å². The molecular formula is C20H16N6O2S2. The Morgan fingerprint density at radius 2 is 1.03 bits per heavy atom. The monoisotopic (exact) mass is 436 g/mol. The number of hydrogen-bond donors (Lipinski definition) is 4. The quantitative estimate of drug-likeness (QED) is 0.320. The highest BCUT2D eigenvalue weighted by Gasteiger charge is 2.16. The minimum atomic E-state index is -0.307. The topological polar surface area (TPSA) is 116 Å². The fourth-order valence-electron chi connectivity index (χ4n) is 2.51. The summed E-state index contributed by atoms with van der Waals surface area (Å²) in [5.41, 5.74) is 0.985. The van der Waals surface area contributed by atoms with Gasteiger partial charge >= 0.3 is 0 Å². The number of aromatic nitrogens is 4. The molecule has 0 fully saturated rings. The second-order valence-corrected chi connectivity index (χ2v) is 8.12. The SMILES string of the molecule is O=c1[nH]cnc(Nc2ccccc2)c1SSc1c(Nc2ccccc2)nc[nH]c1=O. The molecule has 10 heteroatoms. The van der Waals surface area contributed by atoms with E-state index in [-0.39, 0.29) is 11.1 Å². The smallest absolute Gasteiger partial charge is 0.267 e. The van der Waals surface area contributed by atoms with Crippen molar-refractivity contribution >= 4 is 44.6 Å². The number of H-pyrrole nitrogens is 2. The van der Waals surface area contributed by atoms with E-state index in [0.29, 0.717) is 21.4 Å². The third-order valence-electron chi connectivity index (χ3n) is 3.90. The number of para-hydroxylation sites is 2. The van der Waals surface area contributed by atoms with Crippen LogP contribution < -0.4 is 21.8 Å². The summed E-state index contributed by atoms with van der Waals surface area (Å²) < 4.78 is 0. The van der Waals surface area contributed by atoms with E-state index in [0.717, 1.165) is 33.0 Å². The average Bonchev–Trinajstić information content (AvgIpc) is 2.76. The zero-order chi connectivity index (χ0) is 20.8. The summed E-state index contributed by atoms with van der Waals surface area (Å²) in [6.45, 7) is 0. The molecule has 2 aromatic carbocycles. The van der Waals surface area contributed by atoms with Crippen LogP contribution in [0.25, 0.3) is 0 Å². The van der Waals surface area contributed by atoms with Gasteiger partial charge in [-0.1, -0.05) is 36.4 Å². The highest BCUT2D eigenvalue weighted by atomic mass is 33.1. The van der Waals surface area contributed by atoms with Gasteiger partial charge in [0.15, 0.2) is 11.6 Å². The molecule has 4 rings (SSSR count). The summed E-state index contributed by atoms with van der Waals surface area (Å²) in [5.74, 6) is 0.806. The van der Waals surface area contributed by atoms with Crippen LogP contribution >= 0.6 is 21.6 Å². The number of hydrogen-bond acceptors (Lipinski definition) is 8. The van der Waals surface area contributed by atoms with E-state index in [1.807, 2.05) is 60.7 Å². The zero-order valence-electron chi connectivity index (χ0n) is 15.5. The van der Waals surface area contributed by atoms with E-state index in [2.05, 4.69) is 30.6 Å². The van der Waals surface area contributed by atoms with E-state index < -0.39 is 0 Å². The lowest BCUT2D eigenvalue weighted by Crippen LogP contribution is -2.13. The average molecular weight is 437 g/mol. The van der Waals surface area contributed by atoms with Crippen molar-refractivity contribution < 1.29 is 0 Å². The van der Waals surface area contributed by atoms with Crippen molar-refractivity contribution in [1.29, 1.82) is 0 Å². The molecule has 0 aliphatic carbocycles. The molecule has 0 saturated carbocycles. The van der Waals surface area contributed by atoms with Crippen LogP contribution in [0.15, 0.2) is 92.7 Å². The molecule has 0 atom stereocenters. The van der Waals surface area contributed by atoms with Gasteiger partial charge in [0.25, 0.3) is 11.1 Å². The van der Waals surface area contributed by atoms with Gasteiger partial charge in [-0.05, 0) is 45.9 Å². The molecule has 0 amide bonds. The molecule has 0 unspecified atom stereocenters. The third-order valence-corrected chi connectivity index (χ3v) is 6.33. The lowest BCUT2D eigenvalue weighted by molar-refractivity contribution is 1.04. The predicted molar refractivity (Wildman–Crippen MR) is 121 cm³/mol. The number of anilines is 4. The van der Waals surface area contributed by atoms with Crippen LogP contribution in [-0.2, 0) is 0 Å². The van der Waals surface area contributed by atoms with Gasteiger partial charge in [-0.25, -0.2) is 9.97 Å². The number of benzene rings is 2. The highest BCUT2D eigenvalue weighted by molar-refractivity contribution is 8.76. The first-order valence-corrected chi connectivity index (χ1v) is 11.0. The van der Waals surface area contributed by atoms with E-state index in [1.54, 1.807) is 0 Å². The Bertz CT molecular complexity index is 1150. The van der Waals surface area contributed by atoms with Crippen molar-refractivity contribution in [3.63, 3.8) is 0 Å². The number of nitrogens with zero attached hydrogens (tertiary/aromatic N) is 2. The van der Waals surface area contributed by atoms with Crippen LogP contribution in [0.5, 0.6) is 0 Å². The molecule has 0 saturated heterocycles. The van der Waals surface area contributed by atoms with E-state index >= 15 is 0 Å². The van der Waals surface area contributed by atoms with Crippen LogP contribution in [0.4, 0.5) is 23.0 Å². The van der Waals surface area contributed by atoms with Crippen LogP contribution in [0.3, 0.4) is 0 Å². The van der Waals surface area contributed by atoms with Crippen molar-refractivity contribution in [1.82, 2.24) is 19.9 Å². The van der Waals surface area contributed by atoms with Gasteiger partial charge in [0.05, 0.1) is 12.7 Å². The first kappa shape index (κ1) is 19.8. The highest BCUT2D eigenvalue weighted by Crippen LogP contribution is 2.40. The zero-order valence-corrected chi connectivity index (χ0v) is 17.1. The summed E-state index contributed by atoms with van der Waals surface area (Å²) in [6.07, 6.45) is 2.67. The fourth-order valence-corrected chi connectivity index (χ4v) is 4.74. The van der Waals surface area contributed by atoms with Crippen molar-refractivity contribution in [3.05, 3.63) is 94.0 Å². The normalized spacial score (nSPS) is 10.5. The van der Waals surface area contributed by atoms with Crippen LogP contribution in [0.2, 0.25) is 0 Å². The molecule has 8 nitrogen and oxygen atoms in total. The van der Waals surface area contributed by atoms with Crippen LogP contribution in [0.1, 0.15) is 0 Å². The van der Waals surface area contributed by atoms with E-state index in [1.165, 1.54) is 12.7 Å². The Hall–Kier alpha value is -3.50. The molecule has 0 aliphatic rings. The maximum absolute atomic E-state index is 12.4. The first-order valence-electron chi connectivity index (χ1n) is 8.85. The van der Waals surface area contributed by atoms with E-state index in [4.69, 9.17) is 0 Å². The van der Waals surface area contributed by atoms with Gasteiger partial charge in [-0.2, -0.15) is 0 Å². The molecule has 0 radical (unpaired) electrons. The maximum Gasteiger partial charge on any atom is 0.267 e. The minimum Gasteiger partial charge on any atom is -0.339 e. The molecule has 30 heavy (non-hydrogen) atoms. The molecule has 0 aliphatic heterocycles. The van der Waals surface area contributed by atoms with Gasteiger partial charge in [-0.15, -0.1) is 0 Å². The molecule has 0 spiro atoms. The Morgan fingerprint density at radius 3 is 1.43 bits per heavy atom. The predicted octanol–water partition coefficient (Wildman–Crippen LogP) is 4.14. The van der Waals surface area contributed by atoms with Gasteiger partial charge < -0.3 is 20.6 Å². The Labute approximate surface area is 179 Å². The second kappa shape index (κ2) is 9.33. The molecule has 150 valence electrons. The van der Waals surface area contributed by atoms with Gasteiger partial charge in [0, 0.05) is 11.4 Å². The summed E-state index contributed by atoms with van der Waals surface area (Å²) in [5, 5.41) is 6.27.